The van der Waals surface area contributed by atoms with Crippen LogP contribution in [0.15, 0.2) is 29.3 Å². The zero-order valence-corrected chi connectivity index (χ0v) is 21.4. The molecular formula is C24H28FN5O6S. The van der Waals surface area contributed by atoms with E-state index in [1.807, 2.05) is 0 Å². The fraction of sp³-hybridized carbons (Fsp3) is 0.458. The van der Waals surface area contributed by atoms with Crippen molar-refractivity contribution in [2.24, 2.45) is 13.0 Å². The molecule has 1 aromatic carbocycles. The number of rotatable bonds is 3. The lowest BCUT2D eigenvalue weighted by Gasteiger charge is -2.33. The van der Waals surface area contributed by atoms with Crippen LogP contribution in [0.5, 0.6) is 5.75 Å². The molecule has 13 heteroatoms. The first-order chi connectivity index (χ1) is 17.4. The molecular weight excluding hydrogens is 505 g/mol. The van der Waals surface area contributed by atoms with Gasteiger partial charge < -0.3 is 24.8 Å². The first-order valence-corrected chi connectivity index (χ1v) is 13.4. The summed E-state index contributed by atoms with van der Waals surface area (Å²) in [5, 5.41) is 5.32. The van der Waals surface area contributed by atoms with Gasteiger partial charge in [0.05, 0.1) is 12.1 Å². The van der Waals surface area contributed by atoms with E-state index in [0.717, 1.165) is 12.8 Å². The molecule has 1 saturated heterocycles. The van der Waals surface area contributed by atoms with Gasteiger partial charge in [-0.05, 0) is 50.5 Å². The van der Waals surface area contributed by atoms with E-state index in [1.54, 1.807) is 13.8 Å². The minimum absolute atomic E-state index is 0.00000620. The van der Waals surface area contributed by atoms with Gasteiger partial charge in [0.25, 0.3) is 5.91 Å². The summed E-state index contributed by atoms with van der Waals surface area (Å²) in [4.78, 5) is 39.3. The van der Waals surface area contributed by atoms with Crippen LogP contribution in [-0.2, 0) is 26.7 Å². The maximum absolute atomic E-state index is 13.6. The minimum Gasteiger partial charge on any atom is -0.489 e. The number of carbonyl (C=O) groups excluding carboxylic acids is 3. The number of ether oxygens (including phenoxy) is 1. The SMILES string of the molecule is Cc1cc(NC(=O)c2c3c(cn2C)S(=O)(=O)NC2(C)CN(C(=O)C(=O)NC4CC4)CC2CO3)ccc1F. The highest BCUT2D eigenvalue weighted by molar-refractivity contribution is 7.89. The molecule has 3 heterocycles. The summed E-state index contributed by atoms with van der Waals surface area (Å²) in [5.74, 6) is -3.07. The van der Waals surface area contributed by atoms with Crippen molar-refractivity contribution in [2.75, 3.05) is 25.0 Å². The van der Waals surface area contributed by atoms with Crippen molar-refractivity contribution in [3.05, 3.63) is 41.5 Å². The molecule has 3 amide bonds. The number of hydrogen-bond donors (Lipinski definition) is 3. The highest BCUT2D eigenvalue weighted by Crippen LogP contribution is 2.38. The fourth-order valence-corrected chi connectivity index (χ4v) is 6.46. The van der Waals surface area contributed by atoms with Crippen LogP contribution in [0, 0.1) is 18.7 Å². The molecule has 2 aromatic rings. The maximum Gasteiger partial charge on any atom is 0.311 e. The number of likely N-dealkylation sites (tertiary alicyclic amines) is 1. The average Bonchev–Trinajstić information content (AvgIpc) is 3.48. The highest BCUT2D eigenvalue weighted by Gasteiger charge is 2.50. The second kappa shape index (κ2) is 8.84. The Hall–Kier alpha value is -3.45. The van der Waals surface area contributed by atoms with E-state index >= 15 is 0 Å². The quantitative estimate of drug-likeness (QED) is 0.501. The number of aryl methyl sites for hydroxylation is 2. The van der Waals surface area contributed by atoms with E-state index < -0.39 is 45.0 Å². The summed E-state index contributed by atoms with van der Waals surface area (Å²) in [6.07, 6.45) is 2.96. The molecule has 1 aromatic heterocycles. The molecule has 2 atom stereocenters. The number of benzene rings is 1. The van der Waals surface area contributed by atoms with Gasteiger partial charge in [-0.2, -0.15) is 0 Å². The zero-order valence-electron chi connectivity index (χ0n) is 20.6. The van der Waals surface area contributed by atoms with Crippen molar-refractivity contribution in [1.29, 1.82) is 0 Å². The lowest BCUT2D eigenvalue weighted by atomic mass is 9.91. The molecule has 3 N–H and O–H groups in total. The predicted octanol–water partition coefficient (Wildman–Crippen LogP) is 0.891. The molecule has 198 valence electrons. The summed E-state index contributed by atoms with van der Waals surface area (Å²) in [5.41, 5.74) is -0.433. The molecule has 0 bridgehead atoms. The van der Waals surface area contributed by atoms with Crippen molar-refractivity contribution in [2.45, 2.75) is 43.2 Å². The summed E-state index contributed by atoms with van der Waals surface area (Å²) in [6.45, 7) is 3.33. The van der Waals surface area contributed by atoms with Gasteiger partial charge in [0.15, 0.2) is 11.4 Å². The Morgan fingerprint density at radius 2 is 1.97 bits per heavy atom. The van der Waals surface area contributed by atoms with Crippen LogP contribution in [0.3, 0.4) is 0 Å². The molecule has 2 aliphatic heterocycles. The van der Waals surface area contributed by atoms with Crippen molar-refractivity contribution in [3.63, 3.8) is 0 Å². The molecule has 11 nitrogen and oxygen atoms in total. The normalized spacial score (nSPS) is 24.2. The van der Waals surface area contributed by atoms with Gasteiger partial charge in [0, 0.05) is 44.0 Å². The van der Waals surface area contributed by atoms with E-state index in [4.69, 9.17) is 4.74 Å². The summed E-state index contributed by atoms with van der Waals surface area (Å²) < 4.78 is 50.5. The minimum atomic E-state index is -4.18. The van der Waals surface area contributed by atoms with Crippen LogP contribution in [-0.4, -0.2) is 66.9 Å². The average molecular weight is 534 g/mol. The molecule has 2 fully saturated rings. The standard InChI is InChI=1S/C24H28FN5O6S/c1-13-8-16(6-7-17(13)25)27-21(31)19-20-18(10-29(19)3)37(34,35)28-24(2)12-30(9-14(24)11-36-20)23(33)22(32)26-15-4-5-15/h6-8,10,14-15,28H,4-5,9,11-12H2,1-3H3,(H,26,32)(H,27,31). The van der Waals surface area contributed by atoms with Gasteiger partial charge in [-0.25, -0.2) is 17.5 Å². The van der Waals surface area contributed by atoms with Crippen LogP contribution in [0.25, 0.3) is 0 Å². The number of anilines is 1. The largest absolute Gasteiger partial charge is 0.489 e. The van der Waals surface area contributed by atoms with E-state index in [2.05, 4.69) is 15.4 Å². The van der Waals surface area contributed by atoms with E-state index in [0.29, 0.717) is 11.3 Å². The third-order valence-electron chi connectivity index (χ3n) is 7.07. The molecule has 37 heavy (non-hydrogen) atoms. The molecule has 1 aliphatic carbocycles. The van der Waals surface area contributed by atoms with Crippen molar-refractivity contribution >= 4 is 33.4 Å². The Balaban J connectivity index is 1.41. The molecule has 5 rings (SSSR count). The summed E-state index contributed by atoms with van der Waals surface area (Å²) in [7, 11) is -2.65. The Kier molecular flexibility index (Phi) is 6.02. The van der Waals surface area contributed by atoms with E-state index in [9.17, 15) is 27.2 Å². The van der Waals surface area contributed by atoms with Gasteiger partial charge in [0.1, 0.15) is 10.7 Å². The number of sulfonamides is 1. The van der Waals surface area contributed by atoms with Crippen LogP contribution in [0.4, 0.5) is 10.1 Å². The lowest BCUT2D eigenvalue weighted by Crippen LogP contribution is -2.54. The number of hydrogen-bond acceptors (Lipinski definition) is 6. The number of aromatic nitrogens is 1. The second-order valence-corrected chi connectivity index (χ2v) is 11.8. The summed E-state index contributed by atoms with van der Waals surface area (Å²) >= 11 is 0. The third kappa shape index (κ3) is 4.68. The maximum atomic E-state index is 13.6. The van der Waals surface area contributed by atoms with Crippen LogP contribution < -0.4 is 20.1 Å². The van der Waals surface area contributed by atoms with Gasteiger partial charge >= 0.3 is 11.8 Å². The monoisotopic (exact) mass is 533 g/mol. The highest BCUT2D eigenvalue weighted by atomic mass is 32.2. The van der Waals surface area contributed by atoms with Crippen molar-refractivity contribution in [1.82, 2.24) is 19.5 Å². The fourth-order valence-electron chi connectivity index (χ4n) is 4.81. The van der Waals surface area contributed by atoms with Crippen LogP contribution >= 0.6 is 0 Å². The van der Waals surface area contributed by atoms with Gasteiger partial charge in [-0.3, -0.25) is 14.4 Å². The summed E-state index contributed by atoms with van der Waals surface area (Å²) in [6, 6.07) is 4.11. The van der Waals surface area contributed by atoms with Crippen molar-refractivity contribution < 1.29 is 31.9 Å². The first kappa shape index (κ1) is 25.2. The van der Waals surface area contributed by atoms with Crippen LogP contribution in [0.1, 0.15) is 35.8 Å². The number of nitrogens with zero attached hydrogens (tertiary/aromatic N) is 2. The third-order valence-corrected chi connectivity index (χ3v) is 8.68. The Morgan fingerprint density at radius 3 is 2.65 bits per heavy atom. The molecule has 1 saturated carbocycles. The van der Waals surface area contributed by atoms with Crippen LogP contribution in [0.2, 0.25) is 0 Å². The lowest BCUT2D eigenvalue weighted by molar-refractivity contribution is -0.145. The number of amides is 3. The van der Waals surface area contributed by atoms with Gasteiger partial charge in [0.2, 0.25) is 10.0 Å². The molecule has 0 spiro atoms. The van der Waals surface area contributed by atoms with Crippen molar-refractivity contribution in [3.8, 4) is 5.75 Å². The topological polar surface area (TPSA) is 139 Å². The first-order valence-electron chi connectivity index (χ1n) is 11.9. The van der Waals surface area contributed by atoms with Gasteiger partial charge in [-0.15, -0.1) is 0 Å². The Labute approximate surface area is 213 Å². The second-order valence-electron chi connectivity index (χ2n) is 10.2. The Bertz CT molecular complexity index is 1420. The molecule has 0 radical (unpaired) electrons. The zero-order chi connectivity index (χ0) is 26.7. The number of halogens is 1. The number of nitrogens with one attached hydrogen (secondary N) is 3. The molecule has 2 unspecified atom stereocenters. The number of fused-ring (bicyclic) bond motifs is 2. The van der Waals surface area contributed by atoms with E-state index in [-0.39, 0.29) is 42.1 Å². The number of carbonyl (C=O) groups is 3. The Morgan fingerprint density at radius 1 is 1.24 bits per heavy atom. The predicted molar refractivity (Wildman–Crippen MR) is 130 cm³/mol. The van der Waals surface area contributed by atoms with E-state index in [1.165, 1.54) is 40.9 Å². The molecule has 3 aliphatic rings. The smallest absolute Gasteiger partial charge is 0.311 e. The van der Waals surface area contributed by atoms with Gasteiger partial charge in [-0.1, -0.05) is 0 Å².